The highest BCUT2D eigenvalue weighted by Gasteiger charge is 2.14. The molecule has 0 fully saturated rings. The van der Waals surface area contributed by atoms with Crippen LogP contribution in [0.15, 0.2) is 48.5 Å². The monoisotopic (exact) mass is 466 g/mol. The molecule has 0 aliphatic carbocycles. The van der Waals surface area contributed by atoms with Gasteiger partial charge in [-0.15, -0.1) is 0 Å². The Bertz CT molecular complexity index is 911. The summed E-state index contributed by atoms with van der Waals surface area (Å²) in [5.41, 5.74) is 1.78. The van der Waals surface area contributed by atoms with E-state index < -0.39 is 0 Å². The van der Waals surface area contributed by atoms with Crippen molar-refractivity contribution >= 4 is 35.0 Å². The summed E-state index contributed by atoms with van der Waals surface area (Å²) in [4.78, 5) is 49.3. The lowest BCUT2D eigenvalue weighted by molar-refractivity contribution is -0.118. The number of nitrogens with one attached hydrogen (secondary N) is 4. The van der Waals surface area contributed by atoms with Gasteiger partial charge >= 0.3 is 0 Å². The normalized spacial score (nSPS) is 10.3. The zero-order valence-corrected chi connectivity index (χ0v) is 19.9. The molecule has 8 nitrogen and oxygen atoms in total. The van der Waals surface area contributed by atoms with Gasteiger partial charge in [-0.25, -0.2) is 0 Å². The second kappa shape index (κ2) is 14.5. The predicted octanol–water partition coefficient (Wildman–Crippen LogP) is 4.10. The molecular weight excluding hydrogens is 432 g/mol. The second-order valence-electron chi connectivity index (χ2n) is 7.91. The Hall–Kier alpha value is -3.68. The zero-order chi connectivity index (χ0) is 24.8. The summed E-state index contributed by atoms with van der Waals surface area (Å²) < 4.78 is 0. The van der Waals surface area contributed by atoms with Crippen molar-refractivity contribution in [3.63, 3.8) is 0 Å². The van der Waals surface area contributed by atoms with Gasteiger partial charge in [0.15, 0.2) is 0 Å². The molecule has 0 aliphatic heterocycles. The first-order valence-electron chi connectivity index (χ1n) is 11.8. The SMILES string of the molecule is CCCNC(=O)c1ccccc1NC(=O)CCCCC(=O)Nc1ccccc1C(=O)NCCC. The summed E-state index contributed by atoms with van der Waals surface area (Å²) in [5, 5.41) is 11.2. The number of hydrogen-bond donors (Lipinski definition) is 4. The lowest BCUT2D eigenvalue weighted by atomic mass is 10.1. The Balaban J connectivity index is 1.80. The van der Waals surface area contributed by atoms with Crippen LogP contribution >= 0.6 is 0 Å². The highest BCUT2D eigenvalue weighted by molar-refractivity contribution is 6.04. The fourth-order valence-electron chi connectivity index (χ4n) is 3.24. The van der Waals surface area contributed by atoms with Gasteiger partial charge in [-0.05, 0) is 49.9 Å². The van der Waals surface area contributed by atoms with Gasteiger partial charge in [0.25, 0.3) is 11.8 Å². The van der Waals surface area contributed by atoms with E-state index in [1.807, 2.05) is 13.8 Å². The van der Waals surface area contributed by atoms with Crippen molar-refractivity contribution in [3.8, 4) is 0 Å². The van der Waals surface area contributed by atoms with E-state index >= 15 is 0 Å². The summed E-state index contributed by atoms with van der Waals surface area (Å²) >= 11 is 0. The van der Waals surface area contributed by atoms with Gasteiger partial charge < -0.3 is 21.3 Å². The molecule has 8 heteroatoms. The topological polar surface area (TPSA) is 116 Å². The molecule has 0 bridgehead atoms. The Morgan fingerprint density at radius 2 is 1.00 bits per heavy atom. The fraction of sp³-hybridized carbons (Fsp3) is 0.385. The molecule has 0 aromatic heterocycles. The average Bonchev–Trinajstić information content (AvgIpc) is 2.84. The van der Waals surface area contributed by atoms with Crippen LogP contribution in [0.5, 0.6) is 0 Å². The van der Waals surface area contributed by atoms with Gasteiger partial charge in [-0.3, -0.25) is 19.2 Å². The van der Waals surface area contributed by atoms with E-state index in [1.54, 1.807) is 48.5 Å². The van der Waals surface area contributed by atoms with Crippen molar-refractivity contribution in [2.24, 2.45) is 0 Å². The minimum atomic E-state index is -0.224. The van der Waals surface area contributed by atoms with Crippen molar-refractivity contribution < 1.29 is 19.2 Å². The van der Waals surface area contributed by atoms with Crippen LogP contribution in [0.25, 0.3) is 0 Å². The van der Waals surface area contributed by atoms with E-state index in [9.17, 15) is 19.2 Å². The number of rotatable bonds is 13. The molecule has 4 amide bonds. The molecule has 0 atom stereocenters. The van der Waals surface area contributed by atoms with Gasteiger partial charge in [-0.1, -0.05) is 38.1 Å². The molecule has 2 aromatic carbocycles. The first kappa shape index (κ1) is 26.6. The number of carbonyl (C=O) groups is 4. The Morgan fingerprint density at radius 1 is 0.618 bits per heavy atom. The van der Waals surface area contributed by atoms with Crippen LogP contribution in [-0.4, -0.2) is 36.7 Å². The molecule has 0 radical (unpaired) electrons. The Labute approximate surface area is 200 Å². The number of anilines is 2. The predicted molar refractivity (Wildman–Crippen MR) is 134 cm³/mol. The quantitative estimate of drug-likeness (QED) is 0.333. The van der Waals surface area contributed by atoms with Gasteiger partial charge in [0.05, 0.1) is 22.5 Å². The average molecular weight is 467 g/mol. The number of carbonyl (C=O) groups excluding carboxylic acids is 4. The molecule has 0 saturated heterocycles. The van der Waals surface area contributed by atoms with Crippen LogP contribution in [0.4, 0.5) is 11.4 Å². The Morgan fingerprint density at radius 3 is 1.38 bits per heavy atom. The van der Waals surface area contributed by atoms with Crippen LogP contribution in [0.1, 0.15) is 73.1 Å². The summed E-state index contributed by atoms with van der Waals surface area (Å²) in [6, 6.07) is 13.8. The molecule has 2 aromatic rings. The highest BCUT2D eigenvalue weighted by Crippen LogP contribution is 2.17. The van der Waals surface area contributed by atoms with Crippen molar-refractivity contribution in [3.05, 3.63) is 59.7 Å². The van der Waals surface area contributed by atoms with Crippen LogP contribution in [-0.2, 0) is 9.59 Å². The third kappa shape index (κ3) is 8.69. The van der Waals surface area contributed by atoms with E-state index in [4.69, 9.17) is 0 Å². The third-order valence-corrected chi connectivity index (χ3v) is 5.02. The van der Waals surface area contributed by atoms with Crippen LogP contribution in [0.3, 0.4) is 0 Å². The van der Waals surface area contributed by atoms with Crippen molar-refractivity contribution in [2.75, 3.05) is 23.7 Å². The van der Waals surface area contributed by atoms with Crippen molar-refractivity contribution in [1.29, 1.82) is 0 Å². The van der Waals surface area contributed by atoms with Gasteiger partial charge in [0.2, 0.25) is 11.8 Å². The second-order valence-corrected chi connectivity index (χ2v) is 7.91. The fourth-order valence-corrected chi connectivity index (χ4v) is 3.24. The summed E-state index contributed by atoms with van der Waals surface area (Å²) in [6.45, 7) is 5.07. The zero-order valence-electron chi connectivity index (χ0n) is 19.9. The van der Waals surface area contributed by atoms with E-state index in [2.05, 4.69) is 21.3 Å². The molecule has 2 rings (SSSR count). The lowest BCUT2D eigenvalue weighted by Crippen LogP contribution is -2.26. The molecule has 0 saturated carbocycles. The molecular formula is C26H34N4O4. The highest BCUT2D eigenvalue weighted by atomic mass is 16.2. The minimum absolute atomic E-state index is 0.214. The molecule has 0 heterocycles. The first-order chi connectivity index (χ1) is 16.5. The largest absolute Gasteiger partial charge is 0.352 e. The Kier molecular flexibility index (Phi) is 11.3. The molecule has 0 unspecified atom stereocenters. The number of benzene rings is 2. The maximum atomic E-state index is 12.4. The van der Waals surface area contributed by atoms with E-state index in [0.717, 1.165) is 12.8 Å². The number of amides is 4. The lowest BCUT2D eigenvalue weighted by Gasteiger charge is -2.12. The van der Waals surface area contributed by atoms with Crippen LogP contribution in [0, 0.1) is 0 Å². The molecule has 34 heavy (non-hydrogen) atoms. The maximum Gasteiger partial charge on any atom is 0.253 e. The van der Waals surface area contributed by atoms with Crippen LogP contribution < -0.4 is 21.3 Å². The molecule has 4 N–H and O–H groups in total. The first-order valence-corrected chi connectivity index (χ1v) is 11.8. The van der Waals surface area contributed by atoms with E-state index in [1.165, 1.54) is 0 Å². The van der Waals surface area contributed by atoms with Crippen LogP contribution in [0.2, 0.25) is 0 Å². The minimum Gasteiger partial charge on any atom is -0.352 e. The third-order valence-electron chi connectivity index (χ3n) is 5.02. The number of unbranched alkanes of at least 4 members (excludes halogenated alkanes) is 1. The van der Waals surface area contributed by atoms with E-state index in [0.29, 0.717) is 48.4 Å². The van der Waals surface area contributed by atoms with E-state index in [-0.39, 0.29) is 36.5 Å². The maximum absolute atomic E-state index is 12.4. The standard InChI is InChI=1S/C26H34N4O4/c1-3-17-27-25(33)19-11-5-7-13-21(19)29-23(31)15-9-10-16-24(32)30-22-14-8-6-12-20(22)26(34)28-18-4-2/h5-8,11-14H,3-4,9-10,15-18H2,1-2H3,(H,27,33)(H,28,34)(H,29,31)(H,30,32). The number of para-hydroxylation sites is 2. The summed E-state index contributed by atoms with van der Waals surface area (Å²) in [7, 11) is 0. The van der Waals surface area contributed by atoms with Crippen molar-refractivity contribution in [2.45, 2.75) is 52.4 Å². The molecule has 0 spiro atoms. The number of hydrogen-bond acceptors (Lipinski definition) is 4. The van der Waals surface area contributed by atoms with Gasteiger partial charge in [0, 0.05) is 25.9 Å². The smallest absolute Gasteiger partial charge is 0.253 e. The molecule has 182 valence electrons. The summed E-state index contributed by atoms with van der Waals surface area (Å²) in [6.07, 6.45) is 3.14. The van der Waals surface area contributed by atoms with Crippen molar-refractivity contribution in [1.82, 2.24) is 10.6 Å². The molecule has 0 aliphatic rings. The summed E-state index contributed by atoms with van der Waals surface area (Å²) in [5.74, 6) is -0.876. The van der Waals surface area contributed by atoms with Gasteiger partial charge in [0.1, 0.15) is 0 Å². The van der Waals surface area contributed by atoms with Gasteiger partial charge in [-0.2, -0.15) is 0 Å².